The lowest BCUT2D eigenvalue weighted by atomic mass is 9.81. The van der Waals surface area contributed by atoms with E-state index in [-0.39, 0.29) is 24.0 Å². The second-order valence-corrected chi connectivity index (χ2v) is 6.27. The van der Waals surface area contributed by atoms with Gasteiger partial charge < -0.3 is 0 Å². The molecule has 2 atom stereocenters. The number of hydrazine groups is 1. The molecule has 0 radical (unpaired) electrons. The topological polar surface area (TPSA) is 6.48 Å². The molecule has 3 heteroatoms. The smallest absolute Gasteiger partial charge is 0.0507 e. The van der Waals surface area contributed by atoms with Gasteiger partial charge in [0, 0.05) is 20.1 Å². The standard InChI is InChI=1S/C17H26N2.HI/c1-18-16(14-9-5-3-6-10-14)13-17(19(18)2)15-11-7-4-8-12-15;/h3,5-6,9-10,15-17H,4,7-8,11-13H2,1-2H3;1H. The number of rotatable bonds is 2. The average molecular weight is 386 g/mol. The summed E-state index contributed by atoms with van der Waals surface area (Å²) < 4.78 is 0. The fourth-order valence-electron chi connectivity index (χ4n) is 4.03. The van der Waals surface area contributed by atoms with Crippen LogP contribution in [0.15, 0.2) is 30.3 Å². The molecule has 0 bridgehead atoms. The van der Waals surface area contributed by atoms with E-state index >= 15 is 0 Å². The minimum absolute atomic E-state index is 0. The highest BCUT2D eigenvalue weighted by Gasteiger charge is 2.39. The molecule has 1 saturated carbocycles. The molecule has 1 saturated heterocycles. The van der Waals surface area contributed by atoms with Gasteiger partial charge in [-0.25, -0.2) is 10.0 Å². The normalized spacial score (nSPS) is 29.3. The van der Waals surface area contributed by atoms with Crippen LogP contribution in [0.2, 0.25) is 0 Å². The van der Waals surface area contributed by atoms with Crippen molar-refractivity contribution in [3.8, 4) is 0 Å². The first-order valence-corrected chi connectivity index (χ1v) is 7.78. The molecule has 1 heterocycles. The lowest BCUT2D eigenvalue weighted by Gasteiger charge is -2.34. The van der Waals surface area contributed by atoms with Gasteiger partial charge in [0.05, 0.1) is 6.04 Å². The first kappa shape index (κ1) is 16.2. The van der Waals surface area contributed by atoms with E-state index in [1.54, 1.807) is 0 Å². The fraction of sp³-hybridized carbons (Fsp3) is 0.647. The number of nitrogens with zero attached hydrogens (tertiary/aromatic N) is 2. The van der Waals surface area contributed by atoms with Crippen LogP contribution in [0, 0.1) is 5.92 Å². The van der Waals surface area contributed by atoms with Crippen LogP contribution >= 0.6 is 24.0 Å². The van der Waals surface area contributed by atoms with Crippen molar-refractivity contribution in [3.05, 3.63) is 35.9 Å². The zero-order chi connectivity index (χ0) is 13.2. The van der Waals surface area contributed by atoms with Crippen molar-refractivity contribution in [2.45, 2.75) is 50.6 Å². The first-order chi connectivity index (χ1) is 9.27. The zero-order valence-corrected chi connectivity index (χ0v) is 15.0. The molecular formula is C17H27IN2. The third-order valence-corrected chi connectivity index (χ3v) is 5.27. The van der Waals surface area contributed by atoms with E-state index in [4.69, 9.17) is 0 Å². The van der Waals surface area contributed by atoms with Gasteiger partial charge in [-0.2, -0.15) is 0 Å². The molecular weight excluding hydrogens is 359 g/mol. The van der Waals surface area contributed by atoms with Crippen molar-refractivity contribution in [1.82, 2.24) is 10.0 Å². The summed E-state index contributed by atoms with van der Waals surface area (Å²) in [6.45, 7) is 0. The predicted octanol–water partition coefficient (Wildman–Crippen LogP) is 4.48. The average Bonchev–Trinajstić information content (AvgIpc) is 2.77. The zero-order valence-electron chi connectivity index (χ0n) is 12.7. The summed E-state index contributed by atoms with van der Waals surface area (Å²) in [4.78, 5) is 0. The van der Waals surface area contributed by atoms with Crippen LogP contribution < -0.4 is 0 Å². The second kappa shape index (κ2) is 7.23. The molecule has 0 amide bonds. The Labute approximate surface area is 140 Å². The van der Waals surface area contributed by atoms with E-state index in [9.17, 15) is 0 Å². The predicted molar refractivity (Wildman–Crippen MR) is 95.1 cm³/mol. The van der Waals surface area contributed by atoms with Crippen molar-refractivity contribution >= 4 is 24.0 Å². The Morgan fingerprint density at radius 2 is 1.55 bits per heavy atom. The van der Waals surface area contributed by atoms with Crippen molar-refractivity contribution in [2.75, 3.05) is 14.1 Å². The van der Waals surface area contributed by atoms with Crippen molar-refractivity contribution in [3.63, 3.8) is 0 Å². The minimum Gasteiger partial charge on any atom is -0.241 e. The van der Waals surface area contributed by atoms with Crippen molar-refractivity contribution in [2.24, 2.45) is 5.92 Å². The van der Waals surface area contributed by atoms with Crippen LogP contribution in [-0.4, -0.2) is 30.2 Å². The molecule has 2 unspecified atom stereocenters. The highest BCUT2D eigenvalue weighted by Crippen LogP contribution is 2.40. The quantitative estimate of drug-likeness (QED) is 0.692. The van der Waals surface area contributed by atoms with Crippen LogP contribution in [0.4, 0.5) is 0 Å². The molecule has 0 aromatic heterocycles. The third kappa shape index (κ3) is 3.20. The van der Waals surface area contributed by atoms with Crippen LogP contribution in [0.3, 0.4) is 0 Å². The van der Waals surface area contributed by atoms with Crippen molar-refractivity contribution < 1.29 is 0 Å². The Hall–Kier alpha value is -0.130. The SMILES string of the molecule is CN1C(c2ccccc2)CC(C2CCCCC2)N1C.I. The Morgan fingerprint density at radius 3 is 2.20 bits per heavy atom. The van der Waals surface area contributed by atoms with E-state index < -0.39 is 0 Å². The third-order valence-electron chi connectivity index (χ3n) is 5.27. The lowest BCUT2D eigenvalue weighted by molar-refractivity contribution is 0.00353. The van der Waals surface area contributed by atoms with Gasteiger partial charge in [0.15, 0.2) is 0 Å². The van der Waals surface area contributed by atoms with Crippen LogP contribution in [-0.2, 0) is 0 Å². The van der Waals surface area contributed by atoms with Gasteiger partial charge in [-0.3, -0.25) is 0 Å². The maximum atomic E-state index is 2.51. The molecule has 2 aliphatic rings. The summed E-state index contributed by atoms with van der Waals surface area (Å²) in [6, 6.07) is 12.3. The van der Waals surface area contributed by atoms with E-state index in [2.05, 4.69) is 54.4 Å². The number of hydrogen-bond acceptors (Lipinski definition) is 2. The minimum atomic E-state index is 0. The Kier molecular flexibility index (Phi) is 5.87. The van der Waals surface area contributed by atoms with E-state index in [0.717, 1.165) is 12.0 Å². The Morgan fingerprint density at radius 1 is 0.900 bits per heavy atom. The highest BCUT2D eigenvalue weighted by molar-refractivity contribution is 14.0. The molecule has 1 aliphatic heterocycles. The van der Waals surface area contributed by atoms with Gasteiger partial charge in [-0.1, -0.05) is 49.6 Å². The van der Waals surface area contributed by atoms with Gasteiger partial charge in [0.2, 0.25) is 0 Å². The van der Waals surface area contributed by atoms with E-state index in [1.165, 1.54) is 44.1 Å². The van der Waals surface area contributed by atoms with Gasteiger partial charge in [0.1, 0.15) is 0 Å². The first-order valence-electron chi connectivity index (χ1n) is 7.78. The number of benzene rings is 1. The maximum Gasteiger partial charge on any atom is 0.0507 e. The van der Waals surface area contributed by atoms with Crippen LogP contribution in [0.1, 0.15) is 50.1 Å². The molecule has 1 aromatic carbocycles. The molecule has 0 N–H and O–H groups in total. The molecule has 1 aromatic rings. The lowest BCUT2D eigenvalue weighted by Crippen LogP contribution is -2.40. The fourth-order valence-corrected chi connectivity index (χ4v) is 4.03. The molecule has 112 valence electrons. The van der Waals surface area contributed by atoms with Crippen LogP contribution in [0.25, 0.3) is 0 Å². The highest BCUT2D eigenvalue weighted by atomic mass is 127. The van der Waals surface area contributed by atoms with E-state index in [0.29, 0.717) is 6.04 Å². The summed E-state index contributed by atoms with van der Waals surface area (Å²) in [5, 5.41) is 4.96. The second-order valence-electron chi connectivity index (χ2n) is 6.27. The summed E-state index contributed by atoms with van der Waals surface area (Å²) in [6.07, 6.45) is 8.49. The summed E-state index contributed by atoms with van der Waals surface area (Å²) >= 11 is 0. The monoisotopic (exact) mass is 386 g/mol. The molecule has 20 heavy (non-hydrogen) atoms. The van der Waals surface area contributed by atoms with E-state index in [1.807, 2.05) is 0 Å². The Balaban J connectivity index is 0.00000147. The van der Waals surface area contributed by atoms with Gasteiger partial charge in [-0.05, 0) is 30.7 Å². The summed E-state index contributed by atoms with van der Waals surface area (Å²) in [5.41, 5.74) is 1.47. The van der Waals surface area contributed by atoms with Crippen LogP contribution in [0.5, 0.6) is 0 Å². The summed E-state index contributed by atoms with van der Waals surface area (Å²) in [5.74, 6) is 0.912. The largest absolute Gasteiger partial charge is 0.241 e. The van der Waals surface area contributed by atoms with Gasteiger partial charge in [-0.15, -0.1) is 24.0 Å². The molecule has 2 nitrogen and oxygen atoms in total. The molecule has 1 aliphatic carbocycles. The van der Waals surface area contributed by atoms with Crippen molar-refractivity contribution in [1.29, 1.82) is 0 Å². The molecule has 2 fully saturated rings. The maximum absolute atomic E-state index is 2.51. The number of halogens is 1. The molecule has 3 rings (SSSR count). The molecule has 0 spiro atoms. The number of hydrogen-bond donors (Lipinski definition) is 0. The summed E-state index contributed by atoms with van der Waals surface area (Å²) in [7, 11) is 4.53. The Bertz CT molecular complexity index is 403. The van der Waals surface area contributed by atoms with Gasteiger partial charge in [0.25, 0.3) is 0 Å². The van der Waals surface area contributed by atoms with Gasteiger partial charge >= 0.3 is 0 Å².